The van der Waals surface area contributed by atoms with Gasteiger partial charge in [-0.05, 0) is 0 Å². The quantitative estimate of drug-likeness (QED) is 0.390. The van der Waals surface area contributed by atoms with E-state index in [0.29, 0.717) is 0 Å². The molecule has 0 atom stereocenters. The van der Waals surface area contributed by atoms with Crippen molar-refractivity contribution in [3.8, 4) is 0 Å². The summed E-state index contributed by atoms with van der Waals surface area (Å²) in [6, 6.07) is 0. The van der Waals surface area contributed by atoms with Gasteiger partial charge in [0.2, 0.25) is 0 Å². The van der Waals surface area contributed by atoms with Crippen LogP contribution in [0.2, 0.25) is 0 Å². The summed E-state index contributed by atoms with van der Waals surface area (Å²) in [5.74, 6) is 0. The Kier molecular flexibility index (Phi) is 29.6. The van der Waals surface area contributed by atoms with Crippen molar-refractivity contribution in [3.63, 3.8) is 0 Å². The van der Waals surface area contributed by atoms with E-state index in [0.717, 1.165) is 0 Å². The van der Waals surface area contributed by atoms with Crippen LogP contribution in [0.3, 0.4) is 0 Å². The van der Waals surface area contributed by atoms with Crippen LogP contribution < -0.4 is 19.2 Å². The summed E-state index contributed by atoms with van der Waals surface area (Å²) < 4.78 is 0. The fraction of sp³-hybridized carbons (Fsp3) is 0. The van der Waals surface area contributed by atoms with Gasteiger partial charge in [0.25, 0.3) is 0 Å². The maximum absolute atomic E-state index is 8.58. The summed E-state index contributed by atoms with van der Waals surface area (Å²) in [6.45, 7) is 0. The van der Waals surface area contributed by atoms with E-state index in [4.69, 9.17) is 19.2 Å². The van der Waals surface area contributed by atoms with E-state index in [2.05, 4.69) is 0 Å². The van der Waals surface area contributed by atoms with Gasteiger partial charge in [0, 0.05) is 0 Å². The first-order valence-electron chi connectivity index (χ1n) is 0.816. The summed E-state index contributed by atoms with van der Waals surface area (Å²) >= 11 is 0. The van der Waals surface area contributed by atoms with E-state index in [-0.39, 0.29) is 103 Å². The molecule has 0 spiro atoms. The predicted octanol–water partition coefficient (Wildman–Crippen LogP) is -6.81. The molecule has 2 radical (unpaired) electrons. The second kappa shape index (κ2) is 10.5. The Morgan fingerprint density at radius 2 is 0.750 bits per heavy atom. The summed E-state index contributed by atoms with van der Waals surface area (Å²) in [5.41, 5.74) is 0. The van der Waals surface area contributed by atoms with Gasteiger partial charge in [0.05, 0.1) is 0 Å². The number of rotatable bonds is 0. The van der Waals surface area contributed by atoms with Gasteiger partial charge in [-0.3, -0.25) is 0 Å². The summed E-state index contributed by atoms with van der Waals surface area (Å²) in [5, 5.41) is 0. The molecule has 0 heterocycles. The average molecular weight is 381 g/mol. The molecular weight excluding hydrogens is 379 g/mol. The molecule has 0 unspecified atom stereocenters. The van der Waals surface area contributed by atoms with Crippen molar-refractivity contribution in [1.29, 1.82) is 0 Å². The van der Waals surface area contributed by atoms with E-state index in [1.165, 1.54) is 0 Å². The minimum atomic E-state index is -5.61. The monoisotopic (exact) mass is 382 g/mol. The molecular formula is H2Ca2O4PbSi. The first-order chi connectivity index (χ1) is 2.00. The average Bonchev–Trinajstić information content (AvgIpc) is 0.722. The molecule has 8 heteroatoms. The van der Waals surface area contributed by atoms with E-state index in [1.807, 2.05) is 0 Å². The van der Waals surface area contributed by atoms with Crippen LogP contribution in [-0.2, 0) is 0 Å². The number of hydrogen-bond donors (Lipinski definition) is 0. The Morgan fingerprint density at radius 3 is 0.750 bits per heavy atom. The molecule has 0 aromatic carbocycles. The van der Waals surface area contributed by atoms with Gasteiger partial charge < -0.3 is 28.2 Å². The second-order valence-corrected chi connectivity index (χ2v) is 1.50. The third-order valence-corrected chi connectivity index (χ3v) is 0. The van der Waals surface area contributed by atoms with Gasteiger partial charge in [-0.25, -0.2) is 0 Å². The Bertz CT molecular complexity index is 29.5. The molecule has 0 aliphatic rings. The molecule has 38 valence electrons. The van der Waals surface area contributed by atoms with E-state index < -0.39 is 9.05 Å². The zero-order valence-corrected chi connectivity index (χ0v) is 15.2. The van der Waals surface area contributed by atoms with Crippen molar-refractivity contribution in [1.82, 2.24) is 0 Å². The Hall–Kier alpha value is 3.50. The van der Waals surface area contributed by atoms with Crippen LogP contribution in [0.5, 0.6) is 0 Å². The number of hydrogen-bond acceptors (Lipinski definition) is 4. The molecule has 0 aromatic heterocycles. The maximum atomic E-state index is 8.58. The molecule has 0 saturated carbocycles. The van der Waals surface area contributed by atoms with Crippen LogP contribution >= 0.6 is 0 Å². The summed E-state index contributed by atoms with van der Waals surface area (Å²) in [6.07, 6.45) is 0. The van der Waals surface area contributed by atoms with Crippen molar-refractivity contribution in [2.24, 2.45) is 0 Å². The first kappa shape index (κ1) is 22.5. The standard InChI is InChI=1S/2Ca.O4Si.Pb.2H/c;;1-5(2,3)4;;;/q2*+2;-4;;;. The topological polar surface area (TPSA) is 92.2 Å². The van der Waals surface area contributed by atoms with Crippen LogP contribution in [0.1, 0.15) is 0 Å². The van der Waals surface area contributed by atoms with E-state index in [1.54, 1.807) is 0 Å². The van der Waals surface area contributed by atoms with E-state index >= 15 is 0 Å². The zero-order valence-electron chi connectivity index (χ0n) is 4.25. The van der Waals surface area contributed by atoms with Crippen LogP contribution in [0.15, 0.2) is 0 Å². The Labute approximate surface area is 128 Å². The molecule has 4 nitrogen and oxygen atoms in total. The van der Waals surface area contributed by atoms with Gasteiger partial charge in [0.1, 0.15) is 0 Å². The van der Waals surface area contributed by atoms with Gasteiger partial charge >= 0.3 is 103 Å². The van der Waals surface area contributed by atoms with Crippen molar-refractivity contribution < 1.29 is 19.2 Å². The molecule has 0 aliphatic carbocycles. The second-order valence-electron chi connectivity index (χ2n) is 0.500. The third-order valence-electron chi connectivity index (χ3n) is 0. The summed E-state index contributed by atoms with van der Waals surface area (Å²) in [4.78, 5) is 34.3. The molecule has 0 aliphatic heterocycles. The molecule has 0 bridgehead atoms. The van der Waals surface area contributed by atoms with Gasteiger partial charge in [-0.1, -0.05) is 0 Å². The molecule has 0 amide bonds. The van der Waals surface area contributed by atoms with E-state index in [9.17, 15) is 0 Å². The first-order valence-corrected chi connectivity index (χ1v) is 2.45. The van der Waals surface area contributed by atoms with Crippen LogP contribution in [-0.4, -0.2) is 112 Å². The fourth-order valence-corrected chi connectivity index (χ4v) is 0. The summed E-state index contributed by atoms with van der Waals surface area (Å²) in [7, 11) is -5.61. The van der Waals surface area contributed by atoms with Gasteiger partial charge in [0.15, 0.2) is 0 Å². The van der Waals surface area contributed by atoms with Crippen molar-refractivity contribution >= 4 is 112 Å². The fourth-order valence-electron chi connectivity index (χ4n) is 0. The molecule has 8 heavy (non-hydrogen) atoms. The van der Waals surface area contributed by atoms with Gasteiger partial charge in [-0.2, -0.15) is 0 Å². The van der Waals surface area contributed by atoms with Crippen LogP contribution in [0.4, 0.5) is 0 Å². The third kappa shape index (κ3) is 56.1. The van der Waals surface area contributed by atoms with Gasteiger partial charge in [-0.15, -0.1) is 0 Å². The molecule has 0 rings (SSSR count). The molecule has 0 fully saturated rings. The molecule has 0 N–H and O–H groups in total. The van der Waals surface area contributed by atoms with Crippen molar-refractivity contribution in [2.75, 3.05) is 0 Å². The Balaban J connectivity index is -0.0000000267. The molecule has 0 saturated heterocycles. The van der Waals surface area contributed by atoms with Crippen molar-refractivity contribution in [2.45, 2.75) is 0 Å². The van der Waals surface area contributed by atoms with Crippen molar-refractivity contribution in [3.05, 3.63) is 0 Å². The van der Waals surface area contributed by atoms with Crippen LogP contribution in [0, 0.1) is 0 Å². The molecule has 0 aromatic rings. The Morgan fingerprint density at radius 1 is 0.750 bits per heavy atom. The normalized spacial score (nSPS) is 7.50. The minimum absolute atomic E-state index is 0. The zero-order chi connectivity index (χ0) is 4.50. The van der Waals surface area contributed by atoms with Crippen LogP contribution in [0.25, 0.3) is 0 Å². The predicted molar refractivity (Wildman–Crippen MR) is 25.8 cm³/mol. The SMILES string of the molecule is [Ca+2].[Ca+2].[O-][Si]([O-])([O-])[O-].[PbH2].